The van der Waals surface area contributed by atoms with E-state index in [-0.39, 0.29) is 18.8 Å². The van der Waals surface area contributed by atoms with Crippen molar-refractivity contribution in [1.29, 1.82) is 0 Å². The van der Waals surface area contributed by atoms with Crippen LogP contribution in [0.5, 0.6) is 5.75 Å². The fourth-order valence-electron chi connectivity index (χ4n) is 1.93. The van der Waals surface area contributed by atoms with Crippen molar-refractivity contribution < 1.29 is 14.9 Å². The van der Waals surface area contributed by atoms with Crippen LogP contribution in [0.3, 0.4) is 0 Å². The molecule has 21 heavy (non-hydrogen) atoms. The maximum Gasteiger partial charge on any atom is 0.121 e. The lowest BCUT2D eigenvalue weighted by Crippen LogP contribution is -2.50. The quantitative estimate of drug-likeness (QED) is 0.649. The first-order valence-electron chi connectivity index (χ1n) is 7.08. The second-order valence-electron chi connectivity index (χ2n) is 5.07. The number of hydrogen-bond acceptors (Lipinski definition) is 4. The van der Waals surface area contributed by atoms with Gasteiger partial charge in [0.25, 0.3) is 0 Å². The summed E-state index contributed by atoms with van der Waals surface area (Å²) in [4.78, 5) is 0. The zero-order valence-electron chi connectivity index (χ0n) is 12.4. The van der Waals surface area contributed by atoms with E-state index in [1.54, 1.807) is 18.2 Å². The van der Waals surface area contributed by atoms with Gasteiger partial charge < -0.3 is 20.3 Å². The number of hydrogen-bond donors (Lipinski definition) is 3. The molecule has 0 saturated carbocycles. The fourth-order valence-corrected chi connectivity index (χ4v) is 2.22. The lowest BCUT2D eigenvalue weighted by molar-refractivity contribution is 0.0813. The molecule has 0 bridgehead atoms. The number of aliphatic hydroxyl groups is 2. The minimum atomic E-state index is -0.677. The summed E-state index contributed by atoms with van der Waals surface area (Å²) in [6.07, 6.45) is 0.907. The molecule has 0 radical (unpaired) electrons. The van der Waals surface area contributed by atoms with Crippen molar-refractivity contribution in [2.45, 2.75) is 38.3 Å². The van der Waals surface area contributed by atoms with Gasteiger partial charge in [0.1, 0.15) is 18.5 Å². The molecule has 0 amide bonds. The number of benzene rings is 1. The molecule has 6 heteroatoms. The molecule has 1 atom stereocenters. The number of rotatable bonds is 9. The van der Waals surface area contributed by atoms with Gasteiger partial charge >= 0.3 is 0 Å². The Labute approximate surface area is 136 Å². The third kappa shape index (κ3) is 5.64. The maximum atomic E-state index is 9.96. The smallest absolute Gasteiger partial charge is 0.121 e. The maximum absolute atomic E-state index is 9.96. The molecular formula is C15H23Cl2NO3. The Bertz CT molecular complexity index is 431. The molecule has 3 N–H and O–H groups in total. The Morgan fingerprint density at radius 2 is 1.90 bits per heavy atom. The number of ether oxygens (including phenoxy) is 1. The standard InChI is InChI=1S/C15H23Cl2NO3/c1-3-15(4-2,10-19)18-8-11(20)9-21-12-5-6-13(16)14(17)7-12/h5-7,11,18-20H,3-4,8-10H2,1-2H3. The van der Waals surface area contributed by atoms with Crippen molar-refractivity contribution in [2.75, 3.05) is 19.8 Å². The highest BCUT2D eigenvalue weighted by atomic mass is 35.5. The van der Waals surface area contributed by atoms with Crippen molar-refractivity contribution in [3.63, 3.8) is 0 Å². The molecule has 0 aliphatic rings. The van der Waals surface area contributed by atoms with E-state index in [4.69, 9.17) is 27.9 Å². The second kappa shape index (κ2) is 8.81. The van der Waals surface area contributed by atoms with Gasteiger partial charge in [-0.05, 0) is 25.0 Å². The first kappa shape index (κ1) is 18.5. The van der Waals surface area contributed by atoms with Crippen LogP contribution < -0.4 is 10.1 Å². The molecule has 120 valence electrons. The lowest BCUT2D eigenvalue weighted by atomic mass is 9.94. The summed E-state index contributed by atoms with van der Waals surface area (Å²) in [6, 6.07) is 4.96. The highest BCUT2D eigenvalue weighted by molar-refractivity contribution is 6.42. The van der Waals surface area contributed by atoms with Crippen LogP contribution in [-0.4, -0.2) is 41.6 Å². The second-order valence-corrected chi connectivity index (χ2v) is 5.88. The van der Waals surface area contributed by atoms with Crippen LogP contribution in [0.2, 0.25) is 10.0 Å². The first-order chi connectivity index (χ1) is 9.96. The first-order valence-corrected chi connectivity index (χ1v) is 7.83. The van der Waals surface area contributed by atoms with E-state index in [0.29, 0.717) is 22.3 Å². The largest absolute Gasteiger partial charge is 0.491 e. The lowest BCUT2D eigenvalue weighted by Gasteiger charge is -2.32. The fraction of sp³-hybridized carbons (Fsp3) is 0.600. The molecule has 1 aromatic rings. The summed E-state index contributed by atoms with van der Waals surface area (Å²) in [5.41, 5.74) is -0.343. The van der Waals surface area contributed by atoms with E-state index in [9.17, 15) is 10.2 Å². The van der Waals surface area contributed by atoms with Crippen LogP contribution in [0.4, 0.5) is 0 Å². The Morgan fingerprint density at radius 1 is 1.24 bits per heavy atom. The molecule has 4 nitrogen and oxygen atoms in total. The Morgan fingerprint density at radius 3 is 2.43 bits per heavy atom. The predicted octanol–water partition coefficient (Wildman–Crippen LogP) is 2.87. The van der Waals surface area contributed by atoms with E-state index in [1.807, 2.05) is 13.8 Å². The van der Waals surface area contributed by atoms with Gasteiger partial charge in [0, 0.05) is 18.2 Å². The van der Waals surface area contributed by atoms with E-state index in [1.165, 1.54) is 0 Å². The van der Waals surface area contributed by atoms with Crippen LogP contribution >= 0.6 is 23.2 Å². The van der Waals surface area contributed by atoms with E-state index >= 15 is 0 Å². The average Bonchev–Trinajstić information content (AvgIpc) is 2.50. The predicted molar refractivity (Wildman–Crippen MR) is 86.4 cm³/mol. The summed E-state index contributed by atoms with van der Waals surface area (Å²) in [6.45, 7) is 4.54. The number of halogens is 2. The Balaban J connectivity index is 2.43. The SMILES string of the molecule is CCC(CC)(CO)NCC(O)COc1ccc(Cl)c(Cl)c1. The van der Waals surface area contributed by atoms with Crippen LogP contribution in [0.1, 0.15) is 26.7 Å². The van der Waals surface area contributed by atoms with Gasteiger partial charge in [-0.1, -0.05) is 37.0 Å². The molecule has 0 spiro atoms. The molecule has 0 aliphatic heterocycles. The van der Waals surface area contributed by atoms with Crippen LogP contribution in [0, 0.1) is 0 Å². The third-order valence-corrected chi connectivity index (χ3v) is 4.44. The third-order valence-electron chi connectivity index (χ3n) is 3.70. The number of nitrogens with one attached hydrogen (secondary N) is 1. The van der Waals surface area contributed by atoms with Crippen molar-refractivity contribution in [2.24, 2.45) is 0 Å². The van der Waals surface area contributed by atoms with Crippen molar-refractivity contribution in [3.8, 4) is 5.75 Å². The van der Waals surface area contributed by atoms with Crippen LogP contribution in [-0.2, 0) is 0 Å². The molecule has 0 fully saturated rings. The number of β-amino-alcohol motifs (C(OH)–C–C–N with tert-alkyl or cyclic N) is 1. The Hall–Kier alpha value is -0.520. The summed E-state index contributed by atoms with van der Waals surface area (Å²) < 4.78 is 5.47. The molecule has 1 aromatic carbocycles. The van der Waals surface area contributed by atoms with Gasteiger partial charge in [0.05, 0.1) is 16.7 Å². The van der Waals surface area contributed by atoms with Gasteiger partial charge in [-0.15, -0.1) is 0 Å². The average molecular weight is 336 g/mol. The molecule has 1 rings (SSSR count). The highest BCUT2D eigenvalue weighted by Gasteiger charge is 2.25. The molecule has 0 saturated heterocycles. The summed E-state index contributed by atoms with van der Waals surface area (Å²) in [5, 5.41) is 23.5. The van der Waals surface area contributed by atoms with Gasteiger partial charge in [0.2, 0.25) is 0 Å². The Kier molecular flexibility index (Phi) is 7.77. The van der Waals surface area contributed by atoms with Crippen LogP contribution in [0.15, 0.2) is 18.2 Å². The molecule has 1 unspecified atom stereocenters. The monoisotopic (exact) mass is 335 g/mol. The summed E-state index contributed by atoms with van der Waals surface area (Å²) in [7, 11) is 0. The van der Waals surface area contributed by atoms with E-state index in [0.717, 1.165) is 12.8 Å². The summed E-state index contributed by atoms with van der Waals surface area (Å²) in [5.74, 6) is 0.558. The normalized spacial score (nSPS) is 13.2. The van der Waals surface area contributed by atoms with E-state index in [2.05, 4.69) is 5.32 Å². The van der Waals surface area contributed by atoms with Gasteiger partial charge in [-0.2, -0.15) is 0 Å². The van der Waals surface area contributed by atoms with Crippen LogP contribution in [0.25, 0.3) is 0 Å². The topological polar surface area (TPSA) is 61.7 Å². The molecular weight excluding hydrogens is 313 g/mol. The van der Waals surface area contributed by atoms with Gasteiger partial charge in [0.15, 0.2) is 0 Å². The van der Waals surface area contributed by atoms with Crippen molar-refractivity contribution in [1.82, 2.24) is 5.32 Å². The van der Waals surface area contributed by atoms with Crippen molar-refractivity contribution in [3.05, 3.63) is 28.2 Å². The van der Waals surface area contributed by atoms with Gasteiger partial charge in [-0.25, -0.2) is 0 Å². The molecule has 0 heterocycles. The zero-order chi connectivity index (χ0) is 15.9. The molecule has 0 aromatic heterocycles. The molecule has 0 aliphatic carbocycles. The highest BCUT2D eigenvalue weighted by Crippen LogP contribution is 2.26. The zero-order valence-corrected chi connectivity index (χ0v) is 13.9. The van der Waals surface area contributed by atoms with E-state index < -0.39 is 6.10 Å². The van der Waals surface area contributed by atoms with Gasteiger partial charge in [-0.3, -0.25) is 0 Å². The minimum Gasteiger partial charge on any atom is -0.491 e. The summed E-state index contributed by atoms with van der Waals surface area (Å²) >= 11 is 11.7. The number of aliphatic hydroxyl groups excluding tert-OH is 2. The van der Waals surface area contributed by atoms with Crippen molar-refractivity contribution >= 4 is 23.2 Å². The minimum absolute atomic E-state index is 0.0420.